The molecule has 0 N–H and O–H groups in total. The van der Waals surface area contributed by atoms with Crippen molar-refractivity contribution in [3.8, 4) is 28.1 Å². The van der Waals surface area contributed by atoms with Crippen molar-refractivity contribution in [1.29, 1.82) is 0 Å². The first-order chi connectivity index (χ1) is 11.8. The van der Waals surface area contributed by atoms with E-state index in [2.05, 4.69) is 29.4 Å². The van der Waals surface area contributed by atoms with Crippen LogP contribution in [0.4, 0.5) is 4.39 Å². The SMILES string of the molecule is Fc1ccccc1-c1ccnn1-c1ccc(-c2ccccc2)cc1. The second-order valence-corrected chi connectivity index (χ2v) is 5.52. The van der Waals surface area contributed by atoms with E-state index in [1.54, 1.807) is 23.0 Å². The summed E-state index contributed by atoms with van der Waals surface area (Å²) in [7, 11) is 0. The average Bonchev–Trinajstić information content (AvgIpc) is 3.12. The van der Waals surface area contributed by atoms with Crippen LogP contribution in [0, 0.1) is 5.82 Å². The van der Waals surface area contributed by atoms with Gasteiger partial charge in [0.1, 0.15) is 5.82 Å². The first-order valence-electron chi connectivity index (χ1n) is 7.78. The van der Waals surface area contributed by atoms with Crippen molar-refractivity contribution in [2.24, 2.45) is 0 Å². The van der Waals surface area contributed by atoms with Gasteiger partial charge in [-0.2, -0.15) is 5.10 Å². The van der Waals surface area contributed by atoms with Crippen molar-refractivity contribution < 1.29 is 4.39 Å². The van der Waals surface area contributed by atoms with Crippen molar-refractivity contribution in [2.75, 3.05) is 0 Å². The molecule has 3 aromatic carbocycles. The minimum absolute atomic E-state index is 0.250. The molecule has 0 atom stereocenters. The molecule has 0 aliphatic heterocycles. The Kier molecular flexibility index (Phi) is 3.67. The van der Waals surface area contributed by atoms with E-state index in [-0.39, 0.29) is 5.82 Å². The molecular weight excluding hydrogens is 299 g/mol. The van der Waals surface area contributed by atoms with E-state index in [4.69, 9.17) is 0 Å². The van der Waals surface area contributed by atoms with Crippen molar-refractivity contribution in [3.63, 3.8) is 0 Å². The van der Waals surface area contributed by atoms with Gasteiger partial charge in [0.25, 0.3) is 0 Å². The van der Waals surface area contributed by atoms with Gasteiger partial charge in [0, 0.05) is 5.56 Å². The highest BCUT2D eigenvalue weighted by Gasteiger charge is 2.11. The molecule has 4 aromatic rings. The van der Waals surface area contributed by atoms with Crippen LogP contribution in [0.25, 0.3) is 28.1 Å². The standard InChI is InChI=1S/C21H15FN2/c22-20-9-5-4-8-19(20)21-14-15-23-24(21)18-12-10-17(11-13-18)16-6-2-1-3-7-16/h1-15H. The molecule has 0 saturated carbocycles. The number of nitrogens with zero attached hydrogens (tertiary/aromatic N) is 2. The highest BCUT2D eigenvalue weighted by Crippen LogP contribution is 2.26. The highest BCUT2D eigenvalue weighted by atomic mass is 19.1. The van der Waals surface area contributed by atoms with E-state index < -0.39 is 0 Å². The van der Waals surface area contributed by atoms with E-state index in [0.29, 0.717) is 5.56 Å². The summed E-state index contributed by atoms with van der Waals surface area (Å²) in [6, 6.07) is 26.9. The smallest absolute Gasteiger partial charge is 0.132 e. The minimum atomic E-state index is -0.250. The van der Waals surface area contributed by atoms with Crippen LogP contribution in [0.1, 0.15) is 0 Å². The predicted octanol–water partition coefficient (Wildman–Crippen LogP) is 5.35. The van der Waals surface area contributed by atoms with Gasteiger partial charge in [0.05, 0.1) is 17.6 Å². The zero-order valence-corrected chi connectivity index (χ0v) is 12.9. The van der Waals surface area contributed by atoms with E-state index in [9.17, 15) is 4.39 Å². The maximum absolute atomic E-state index is 14.1. The number of rotatable bonds is 3. The normalized spacial score (nSPS) is 10.7. The average molecular weight is 314 g/mol. The molecule has 4 rings (SSSR count). The van der Waals surface area contributed by atoms with Crippen molar-refractivity contribution >= 4 is 0 Å². The van der Waals surface area contributed by atoms with Gasteiger partial charge in [-0.15, -0.1) is 0 Å². The third kappa shape index (κ3) is 2.61. The Morgan fingerprint density at radius 2 is 1.33 bits per heavy atom. The fourth-order valence-corrected chi connectivity index (χ4v) is 2.81. The van der Waals surface area contributed by atoms with E-state index >= 15 is 0 Å². The molecule has 0 aliphatic rings. The van der Waals surface area contributed by atoms with Gasteiger partial charge in [-0.3, -0.25) is 0 Å². The topological polar surface area (TPSA) is 17.8 Å². The second-order valence-electron chi connectivity index (χ2n) is 5.52. The van der Waals surface area contributed by atoms with Gasteiger partial charge in [-0.25, -0.2) is 9.07 Å². The first-order valence-corrected chi connectivity index (χ1v) is 7.78. The Morgan fingerprint density at radius 3 is 2.08 bits per heavy atom. The van der Waals surface area contributed by atoms with Crippen molar-refractivity contribution in [2.45, 2.75) is 0 Å². The predicted molar refractivity (Wildman–Crippen MR) is 94.4 cm³/mol. The number of hydrogen-bond acceptors (Lipinski definition) is 1. The van der Waals surface area contributed by atoms with Gasteiger partial charge in [0.15, 0.2) is 0 Å². The molecule has 1 heterocycles. The Morgan fingerprint density at radius 1 is 0.667 bits per heavy atom. The monoisotopic (exact) mass is 314 g/mol. The zero-order chi connectivity index (χ0) is 16.4. The number of halogens is 1. The molecule has 0 bridgehead atoms. The Balaban J connectivity index is 1.74. The molecule has 2 nitrogen and oxygen atoms in total. The van der Waals surface area contributed by atoms with Gasteiger partial charge in [-0.05, 0) is 41.5 Å². The lowest BCUT2D eigenvalue weighted by molar-refractivity contribution is 0.629. The summed E-state index contributed by atoms with van der Waals surface area (Å²) in [5.41, 5.74) is 4.48. The van der Waals surface area contributed by atoms with Gasteiger partial charge in [0.2, 0.25) is 0 Å². The maximum atomic E-state index is 14.1. The molecule has 3 heteroatoms. The van der Waals surface area contributed by atoms with E-state index in [1.165, 1.54) is 11.6 Å². The summed E-state index contributed by atoms with van der Waals surface area (Å²) in [5.74, 6) is -0.250. The quantitative estimate of drug-likeness (QED) is 0.499. The molecule has 0 spiro atoms. The van der Waals surface area contributed by atoms with Crippen molar-refractivity contribution in [1.82, 2.24) is 9.78 Å². The summed E-state index contributed by atoms with van der Waals surface area (Å²) in [4.78, 5) is 0. The summed E-state index contributed by atoms with van der Waals surface area (Å²) in [6.45, 7) is 0. The number of benzene rings is 3. The summed E-state index contributed by atoms with van der Waals surface area (Å²) in [5, 5.41) is 4.36. The van der Waals surface area contributed by atoms with Crippen LogP contribution < -0.4 is 0 Å². The van der Waals surface area contributed by atoms with Crippen LogP contribution in [0.5, 0.6) is 0 Å². The third-order valence-corrected chi connectivity index (χ3v) is 4.01. The molecule has 0 saturated heterocycles. The van der Waals surface area contributed by atoms with Crippen LogP contribution in [-0.2, 0) is 0 Å². The number of hydrogen-bond donors (Lipinski definition) is 0. The van der Waals surface area contributed by atoms with E-state index in [0.717, 1.165) is 16.9 Å². The Hall–Kier alpha value is -3.20. The first kappa shape index (κ1) is 14.4. The summed E-state index contributed by atoms with van der Waals surface area (Å²) < 4.78 is 15.9. The van der Waals surface area contributed by atoms with Gasteiger partial charge >= 0.3 is 0 Å². The lowest BCUT2D eigenvalue weighted by Gasteiger charge is -2.09. The van der Waals surface area contributed by atoms with Gasteiger partial charge < -0.3 is 0 Å². The molecular formula is C21H15FN2. The van der Waals surface area contributed by atoms with Crippen LogP contribution in [0.2, 0.25) is 0 Å². The van der Waals surface area contributed by atoms with Gasteiger partial charge in [-0.1, -0.05) is 54.6 Å². The fourth-order valence-electron chi connectivity index (χ4n) is 2.81. The number of aromatic nitrogens is 2. The van der Waals surface area contributed by atoms with Crippen LogP contribution in [0.15, 0.2) is 91.1 Å². The molecule has 0 radical (unpaired) electrons. The molecule has 116 valence electrons. The Bertz CT molecular complexity index is 957. The lowest BCUT2D eigenvalue weighted by Crippen LogP contribution is -1.99. The molecule has 0 aliphatic carbocycles. The molecule has 0 unspecified atom stereocenters. The molecule has 0 amide bonds. The summed E-state index contributed by atoms with van der Waals surface area (Å²) >= 11 is 0. The van der Waals surface area contributed by atoms with Crippen LogP contribution >= 0.6 is 0 Å². The minimum Gasteiger partial charge on any atom is -0.233 e. The van der Waals surface area contributed by atoms with Crippen LogP contribution in [0.3, 0.4) is 0 Å². The molecule has 1 aromatic heterocycles. The maximum Gasteiger partial charge on any atom is 0.132 e. The Labute approximate surface area is 139 Å². The summed E-state index contributed by atoms with van der Waals surface area (Å²) in [6.07, 6.45) is 1.69. The lowest BCUT2D eigenvalue weighted by atomic mass is 10.1. The van der Waals surface area contributed by atoms with Crippen molar-refractivity contribution in [3.05, 3.63) is 96.9 Å². The fraction of sp³-hybridized carbons (Fsp3) is 0. The molecule has 0 fully saturated rings. The molecule has 24 heavy (non-hydrogen) atoms. The largest absolute Gasteiger partial charge is 0.233 e. The second kappa shape index (κ2) is 6.13. The van der Waals surface area contributed by atoms with Crippen LogP contribution in [-0.4, -0.2) is 9.78 Å². The third-order valence-electron chi connectivity index (χ3n) is 4.01. The zero-order valence-electron chi connectivity index (χ0n) is 12.9. The van der Waals surface area contributed by atoms with E-state index in [1.807, 2.05) is 42.5 Å². The highest BCUT2D eigenvalue weighted by molar-refractivity contribution is 5.66.